The molecule has 0 amide bonds. The summed E-state index contributed by atoms with van der Waals surface area (Å²) in [7, 11) is 0. The van der Waals surface area contributed by atoms with Crippen molar-refractivity contribution in [1.29, 1.82) is 5.26 Å². The van der Waals surface area contributed by atoms with Crippen LogP contribution in [0.5, 0.6) is 6.01 Å². The van der Waals surface area contributed by atoms with Crippen LogP contribution in [0.3, 0.4) is 0 Å². The molecule has 2 aromatic rings. The van der Waals surface area contributed by atoms with Crippen LogP contribution < -0.4 is 10.5 Å². The molecule has 3 N–H and O–H groups in total. The minimum atomic E-state index is 0.0391. The zero-order chi connectivity index (χ0) is 13.1. The molecule has 0 aliphatic rings. The maximum Gasteiger partial charge on any atom is 0.320 e. The molecule has 18 heavy (non-hydrogen) atoms. The molecule has 0 aliphatic heterocycles. The number of H-pyrrole nitrogens is 1. The van der Waals surface area contributed by atoms with Crippen LogP contribution in [0.2, 0.25) is 0 Å². The molecule has 1 atom stereocenters. The van der Waals surface area contributed by atoms with Gasteiger partial charge in [0.15, 0.2) is 0 Å². The monoisotopic (exact) mass is 245 g/mol. The summed E-state index contributed by atoms with van der Waals surface area (Å²) in [6.07, 6.45) is 1.99. The standard InChI is InChI=1S/C12H15N5O/c1-3-4-7(2)18-12-16-10(14)9-5-8(6-13)15-11(9)17-12/h5,7H,3-4H2,1-2H3,(H3,14,15,16,17). The van der Waals surface area contributed by atoms with Gasteiger partial charge in [0.05, 0.1) is 11.5 Å². The lowest BCUT2D eigenvalue weighted by Crippen LogP contribution is -2.13. The SMILES string of the molecule is CCCC(C)Oc1nc(N)c2cc(C#N)[nH]c2n1. The maximum absolute atomic E-state index is 8.81. The van der Waals surface area contributed by atoms with Crippen molar-refractivity contribution in [3.63, 3.8) is 0 Å². The number of hydrogen-bond acceptors (Lipinski definition) is 5. The van der Waals surface area contributed by atoms with E-state index >= 15 is 0 Å². The lowest BCUT2D eigenvalue weighted by Gasteiger charge is -2.11. The highest BCUT2D eigenvalue weighted by atomic mass is 16.5. The molecule has 0 fully saturated rings. The lowest BCUT2D eigenvalue weighted by atomic mass is 10.2. The van der Waals surface area contributed by atoms with Crippen molar-refractivity contribution in [2.75, 3.05) is 5.73 Å². The molecule has 2 rings (SSSR count). The average Bonchev–Trinajstić information content (AvgIpc) is 2.72. The van der Waals surface area contributed by atoms with E-state index in [1.165, 1.54) is 0 Å². The predicted octanol–water partition coefficient (Wildman–Crippen LogP) is 1.98. The smallest absolute Gasteiger partial charge is 0.320 e. The van der Waals surface area contributed by atoms with Gasteiger partial charge < -0.3 is 15.5 Å². The van der Waals surface area contributed by atoms with Crippen molar-refractivity contribution in [1.82, 2.24) is 15.0 Å². The van der Waals surface area contributed by atoms with Crippen LogP contribution in [-0.2, 0) is 0 Å². The Kier molecular flexibility index (Phi) is 3.33. The van der Waals surface area contributed by atoms with Gasteiger partial charge >= 0.3 is 6.01 Å². The first-order valence-corrected chi connectivity index (χ1v) is 5.87. The van der Waals surface area contributed by atoms with Crippen molar-refractivity contribution >= 4 is 16.9 Å². The Labute approximate surface area is 105 Å². The Bertz CT molecular complexity index is 598. The number of nitrogens with two attached hydrogens (primary N) is 1. The molecular weight excluding hydrogens is 230 g/mol. The van der Waals surface area contributed by atoms with Gasteiger partial charge in [0.2, 0.25) is 0 Å². The molecule has 0 spiro atoms. The summed E-state index contributed by atoms with van der Waals surface area (Å²) in [6, 6.07) is 3.88. The van der Waals surface area contributed by atoms with Gasteiger partial charge in [-0.15, -0.1) is 0 Å². The fourth-order valence-electron chi connectivity index (χ4n) is 1.77. The molecule has 0 radical (unpaired) electrons. The van der Waals surface area contributed by atoms with Crippen LogP contribution in [0.1, 0.15) is 32.4 Å². The lowest BCUT2D eigenvalue weighted by molar-refractivity contribution is 0.193. The molecular formula is C12H15N5O. The number of nitrogens with zero attached hydrogens (tertiary/aromatic N) is 3. The summed E-state index contributed by atoms with van der Waals surface area (Å²) in [6.45, 7) is 4.05. The van der Waals surface area contributed by atoms with E-state index in [1.54, 1.807) is 6.07 Å². The van der Waals surface area contributed by atoms with E-state index in [2.05, 4.69) is 21.9 Å². The van der Waals surface area contributed by atoms with Gasteiger partial charge in [0.25, 0.3) is 0 Å². The Hall–Kier alpha value is -2.29. The molecule has 94 valence electrons. The highest BCUT2D eigenvalue weighted by Gasteiger charge is 2.11. The zero-order valence-electron chi connectivity index (χ0n) is 10.4. The topological polar surface area (TPSA) is 101 Å². The van der Waals surface area contributed by atoms with Gasteiger partial charge in [-0.25, -0.2) is 0 Å². The van der Waals surface area contributed by atoms with Gasteiger partial charge in [-0.2, -0.15) is 15.2 Å². The number of nitrogen functional groups attached to an aromatic ring is 1. The number of aromatic amines is 1. The van der Waals surface area contributed by atoms with E-state index in [4.69, 9.17) is 15.7 Å². The third-order valence-corrected chi connectivity index (χ3v) is 2.62. The first-order chi connectivity index (χ1) is 8.63. The van der Waals surface area contributed by atoms with Gasteiger partial charge in [-0.3, -0.25) is 0 Å². The molecule has 0 bridgehead atoms. The van der Waals surface area contributed by atoms with Crippen molar-refractivity contribution in [2.24, 2.45) is 0 Å². The predicted molar refractivity (Wildman–Crippen MR) is 68.0 cm³/mol. The van der Waals surface area contributed by atoms with Gasteiger partial charge in [0, 0.05) is 0 Å². The first-order valence-electron chi connectivity index (χ1n) is 5.87. The fourth-order valence-corrected chi connectivity index (χ4v) is 1.77. The first kappa shape index (κ1) is 12.2. The van der Waals surface area contributed by atoms with Crippen LogP contribution in [0, 0.1) is 11.3 Å². The number of fused-ring (bicyclic) bond motifs is 1. The van der Waals surface area contributed by atoms with E-state index in [-0.39, 0.29) is 12.1 Å². The van der Waals surface area contributed by atoms with Crippen molar-refractivity contribution in [2.45, 2.75) is 32.8 Å². The molecule has 2 heterocycles. The largest absolute Gasteiger partial charge is 0.460 e. The minimum absolute atomic E-state index is 0.0391. The van der Waals surface area contributed by atoms with Gasteiger partial charge in [-0.05, 0) is 19.4 Å². The summed E-state index contributed by atoms with van der Waals surface area (Å²) in [5, 5.41) is 9.45. The van der Waals surface area contributed by atoms with E-state index in [1.807, 2.05) is 13.0 Å². The number of rotatable bonds is 4. The minimum Gasteiger partial charge on any atom is -0.460 e. The van der Waals surface area contributed by atoms with Crippen molar-refractivity contribution in [3.8, 4) is 12.1 Å². The second-order valence-corrected chi connectivity index (χ2v) is 4.17. The fraction of sp³-hybridized carbons (Fsp3) is 0.417. The van der Waals surface area contributed by atoms with Crippen LogP contribution in [0.4, 0.5) is 5.82 Å². The number of aromatic nitrogens is 3. The van der Waals surface area contributed by atoms with E-state index in [0.29, 0.717) is 22.5 Å². The van der Waals surface area contributed by atoms with E-state index in [9.17, 15) is 0 Å². The van der Waals surface area contributed by atoms with Crippen molar-refractivity contribution in [3.05, 3.63) is 11.8 Å². The molecule has 0 aliphatic carbocycles. The average molecular weight is 245 g/mol. The number of nitriles is 1. The molecule has 6 heteroatoms. The molecule has 6 nitrogen and oxygen atoms in total. The normalized spacial score (nSPS) is 12.3. The van der Waals surface area contributed by atoms with Crippen LogP contribution in [-0.4, -0.2) is 21.1 Å². The van der Waals surface area contributed by atoms with Gasteiger partial charge in [0.1, 0.15) is 23.2 Å². The molecule has 2 aromatic heterocycles. The van der Waals surface area contributed by atoms with Crippen molar-refractivity contribution < 1.29 is 4.74 Å². The number of hydrogen-bond donors (Lipinski definition) is 2. The highest BCUT2D eigenvalue weighted by Crippen LogP contribution is 2.21. The third kappa shape index (κ3) is 2.35. The number of anilines is 1. The van der Waals surface area contributed by atoms with Crippen LogP contribution in [0.15, 0.2) is 6.07 Å². The zero-order valence-corrected chi connectivity index (χ0v) is 10.4. The summed E-state index contributed by atoms with van der Waals surface area (Å²) in [4.78, 5) is 11.2. The molecule has 0 saturated heterocycles. The Morgan fingerprint density at radius 2 is 2.33 bits per heavy atom. The number of ether oxygens (including phenoxy) is 1. The third-order valence-electron chi connectivity index (χ3n) is 2.62. The van der Waals surface area contributed by atoms with Gasteiger partial charge in [-0.1, -0.05) is 13.3 Å². The van der Waals surface area contributed by atoms with E-state index < -0.39 is 0 Å². The Morgan fingerprint density at radius 3 is 3.00 bits per heavy atom. The second kappa shape index (κ2) is 4.92. The molecule has 1 unspecified atom stereocenters. The summed E-state index contributed by atoms with van der Waals surface area (Å²) in [5.41, 5.74) is 6.75. The molecule has 0 aromatic carbocycles. The van der Waals surface area contributed by atoms with Crippen LogP contribution in [0.25, 0.3) is 11.0 Å². The summed E-state index contributed by atoms with van der Waals surface area (Å²) in [5.74, 6) is 0.316. The highest BCUT2D eigenvalue weighted by molar-refractivity contribution is 5.87. The maximum atomic E-state index is 8.81. The van der Waals surface area contributed by atoms with E-state index in [0.717, 1.165) is 12.8 Å². The summed E-state index contributed by atoms with van der Waals surface area (Å²) >= 11 is 0. The Morgan fingerprint density at radius 1 is 1.56 bits per heavy atom. The Balaban J connectivity index is 2.33. The number of nitrogens with one attached hydrogen (secondary N) is 1. The summed E-state index contributed by atoms with van der Waals surface area (Å²) < 4.78 is 5.58. The molecule has 0 saturated carbocycles. The quantitative estimate of drug-likeness (QED) is 0.857. The van der Waals surface area contributed by atoms with Crippen LogP contribution >= 0.6 is 0 Å². The second-order valence-electron chi connectivity index (χ2n) is 4.17.